The van der Waals surface area contributed by atoms with Crippen molar-refractivity contribution < 1.29 is 18.6 Å². The van der Waals surface area contributed by atoms with Crippen molar-refractivity contribution in [1.82, 2.24) is 29.9 Å². The van der Waals surface area contributed by atoms with Crippen LogP contribution < -0.4 is 4.74 Å². The van der Waals surface area contributed by atoms with Gasteiger partial charge in [0.05, 0.1) is 12.2 Å². The smallest absolute Gasteiger partial charge is 0.387 e. The zero-order valence-electron chi connectivity index (χ0n) is 20.2. The Bertz CT molecular complexity index is 1570. The number of benzene rings is 2. The predicted octanol–water partition coefficient (Wildman–Crippen LogP) is 5.25. The molecule has 0 spiro atoms. The minimum atomic E-state index is -2.95. The van der Waals surface area contributed by atoms with Crippen LogP contribution in [0.5, 0.6) is 5.75 Å². The highest BCUT2D eigenvalue weighted by molar-refractivity contribution is 5.87. The highest BCUT2D eigenvalue weighted by Crippen LogP contribution is 2.45. The third-order valence-electron chi connectivity index (χ3n) is 6.75. The molecule has 8 nitrogen and oxygen atoms in total. The van der Waals surface area contributed by atoms with Gasteiger partial charge in [0.15, 0.2) is 5.82 Å². The van der Waals surface area contributed by atoms with Crippen LogP contribution in [0, 0.1) is 0 Å². The van der Waals surface area contributed by atoms with Gasteiger partial charge in [-0.05, 0) is 55.8 Å². The lowest BCUT2D eigenvalue weighted by Crippen LogP contribution is -2.19. The van der Waals surface area contributed by atoms with Crippen LogP contribution in [0.25, 0.3) is 33.3 Å². The Balaban J connectivity index is 1.48. The molecule has 0 amide bonds. The number of nitrogens with zero attached hydrogens (tertiary/aromatic N) is 5. The van der Waals surface area contributed by atoms with E-state index in [2.05, 4.69) is 42.1 Å². The molecule has 6 rings (SSSR count). The molecule has 5 aromatic rings. The summed E-state index contributed by atoms with van der Waals surface area (Å²) in [6.07, 6.45) is 6.49. The van der Waals surface area contributed by atoms with Gasteiger partial charge in [0.2, 0.25) is 0 Å². The molecule has 1 unspecified atom stereocenters. The van der Waals surface area contributed by atoms with Crippen LogP contribution in [-0.2, 0) is 12.0 Å². The van der Waals surface area contributed by atoms with Gasteiger partial charge < -0.3 is 14.4 Å². The Kier molecular flexibility index (Phi) is 5.49. The fraction of sp³-hybridized carbons (Fsp3) is 0.259. The largest absolute Gasteiger partial charge is 0.434 e. The second kappa shape index (κ2) is 8.74. The lowest BCUT2D eigenvalue weighted by atomic mass is 9.95. The second-order valence-electron chi connectivity index (χ2n) is 9.64. The highest BCUT2D eigenvalue weighted by Gasteiger charge is 2.31. The molecule has 0 saturated heterocycles. The minimum absolute atomic E-state index is 0.127. The van der Waals surface area contributed by atoms with Crippen LogP contribution in [0.4, 0.5) is 8.78 Å². The first-order chi connectivity index (χ1) is 17.8. The number of H-pyrrole nitrogens is 1. The van der Waals surface area contributed by atoms with Crippen molar-refractivity contribution in [3.8, 4) is 28.1 Å². The summed E-state index contributed by atoms with van der Waals surface area (Å²) in [5.41, 5.74) is 4.58. The van der Waals surface area contributed by atoms with E-state index >= 15 is 0 Å². The predicted molar refractivity (Wildman–Crippen MR) is 133 cm³/mol. The van der Waals surface area contributed by atoms with Crippen molar-refractivity contribution in [3.63, 3.8) is 0 Å². The number of hydrogen-bond acceptors (Lipinski definition) is 6. The summed E-state index contributed by atoms with van der Waals surface area (Å²) < 4.78 is 34.0. The zero-order valence-corrected chi connectivity index (χ0v) is 20.2. The van der Waals surface area contributed by atoms with Crippen molar-refractivity contribution >= 4 is 10.9 Å². The number of aromatic nitrogens is 6. The van der Waals surface area contributed by atoms with Gasteiger partial charge in [-0.2, -0.15) is 24.2 Å². The summed E-state index contributed by atoms with van der Waals surface area (Å²) in [4.78, 5) is 8.67. The molecular formula is C27H24F2N6O2. The molecule has 10 heteroatoms. The zero-order chi connectivity index (χ0) is 25.7. The fourth-order valence-electron chi connectivity index (χ4n) is 5.14. The number of rotatable bonds is 6. The van der Waals surface area contributed by atoms with E-state index in [4.69, 9.17) is 4.74 Å². The van der Waals surface area contributed by atoms with Crippen molar-refractivity contribution in [2.75, 3.05) is 0 Å². The molecule has 0 bridgehead atoms. The van der Waals surface area contributed by atoms with E-state index in [1.165, 1.54) is 0 Å². The normalized spacial score (nSPS) is 15.5. The first-order valence-corrected chi connectivity index (χ1v) is 11.9. The van der Waals surface area contributed by atoms with Crippen molar-refractivity contribution in [1.29, 1.82) is 0 Å². The number of hydrogen-bond donors (Lipinski definition) is 2. The second-order valence-corrected chi connectivity index (χ2v) is 9.64. The molecule has 2 aromatic carbocycles. The van der Waals surface area contributed by atoms with Gasteiger partial charge in [-0.25, -0.2) is 9.97 Å². The van der Waals surface area contributed by atoms with Crippen molar-refractivity contribution in [3.05, 3.63) is 78.1 Å². The Hall–Kier alpha value is -4.18. The lowest BCUT2D eigenvalue weighted by molar-refractivity contribution is -0.0506. The molecule has 3 aromatic heterocycles. The van der Waals surface area contributed by atoms with Gasteiger partial charge in [0.25, 0.3) is 0 Å². The molecular weight excluding hydrogens is 478 g/mol. The number of alkyl halides is 2. The summed E-state index contributed by atoms with van der Waals surface area (Å²) in [5, 5.41) is 21.9. The minimum Gasteiger partial charge on any atom is -0.434 e. The highest BCUT2D eigenvalue weighted by atomic mass is 19.3. The van der Waals surface area contributed by atoms with E-state index in [9.17, 15) is 13.9 Å². The maximum atomic E-state index is 13.4. The number of aryl methyl sites for hydroxylation is 1. The fourth-order valence-corrected chi connectivity index (χ4v) is 5.14. The molecule has 37 heavy (non-hydrogen) atoms. The number of aliphatic hydroxyl groups is 1. The summed E-state index contributed by atoms with van der Waals surface area (Å²) in [7, 11) is 0. The summed E-state index contributed by atoms with van der Waals surface area (Å²) in [5.74, 6) is 0.471. The van der Waals surface area contributed by atoms with Crippen LogP contribution in [0.2, 0.25) is 0 Å². The van der Waals surface area contributed by atoms with Crippen LogP contribution in [0.1, 0.15) is 43.4 Å². The number of halogens is 2. The van der Waals surface area contributed by atoms with E-state index < -0.39 is 12.2 Å². The quantitative estimate of drug-likeness (QED) is 0.329. The Morgan fingerprint density at radius 2 is 1.89 bits per heavy atom. The monoisotopic (exact) mass is 502 g/mol. The van der Waals surface area contributed by atoms with Gasteiger partial charge in [-0.1, -0.05) is 24.3 Å². The molecule has 0 radical (unpaired) electrons. The van der Waals surface area contributed by atoms with Crippen molar-refractivity contribution in [2.24, 2.45) is 0 Å². The average molecular weight is 503 g/mol. The molecule has 188 valence electrons. The van der Waals surface area contributed by atoms with E-state index in [0.29, 0.717) is 22.6 Å². The van der Waals surface area contributed by atoms with Crippen molar-refractivity contribution in [2.45, 2.75) is 44.9 Å². The summed E-state index contributed by atoms with van der Waals surface area (Å²) in [6.45, 7) is 0.328. The maximum absolute atomic E-state index is 13.4. The van der Waals surface area contributed by atoms with E-state index in [0.717, 1.165) is 40.6 Å². The lowest BCUT2D eigenvalue weighted by Gasteiger charge is -2.22. The topological polar surface area (TPSA) is 102 Å². The molecule has 1 aliphatic rings. The Morgan fingerprint density at radius 3 is 2.59 bits per heavy atom. The first kappa shape index (κ1) is 23.2. The molecule has 2 N–H and O–H groups in total. The Labute approximate surface area is 211 Å². The number of aromatic amines is 1. The number of fused-ring (bicyclic) bond motifs is 3. The van der Waals surface area contributed by atoms with Crippen LogP contribution in [0.15, 0.2) is 61.1 Å². The molecule has 1 atom stereocenters. The summed E-state index contributed by atoms with van der Waals surface area (Å²) >= 11 is 0. The van der Waals surface area contributed by atoms with Gasteiger partial charge in [0, 0.05) is 40.3 Å². The molecule has 4 heterocycles. The van der Waals surface area contributed by atoms with Gasteiger partial charge >= 0.3 is 6.61 Å². The Morgan fingerprint density at radius 1 is 1.08 bits per heavy atom. The van der Waals surface area contributed by atoms with E-state index in [-0.39, 0.29) is 11.8 Å². The molecule has 0 fully saturated rings. The van der Waals surface area contributed by atoms with Crippen LogP contribution >= 0.6 is 0 Å². The summed E-state index contributed by atoms with van der Waals surface area (Å²) in [6, 6.07) is 13.1. The third-order valence-corrected chi connectivity index (χ3v) is 6.75. The van der Waals surface area contributed by atoms with Gasteiger partial charge in [0.1, 0.15) is 17.0 Å². The maximum Gasteiger partial charge on any atom is 0.387 e. The number of nitrogens with one attached hydrogen (secondary N) is 1. The standard InChI is InChI=1S/C27H24F2N6O2/c1-27(2,36)25-30-12-17(13-31-25)15-6-7-16-10-18-8-9-21(35(18)22(16)11-15)24-19(20-14-32-34-33-20)4-3-5-23(24)37-26(28)29/h3-7,10-14,21,26,36H,8-9H2,1-2H3,(H,32,33,34). The van der Waals surface area contributed by atoms with Crippen LogP contribution in [0.3, 0.4) is 0 Å². The third kappa shape index (κ3) is 4.13. The number of ether oxygens (including phenoxy) is 1. The van der Waals surface area contributed by atoms with E-state index in [1.807, 2.05) is 18.2 Å². The van der Waals surface area contributed by atoms with Gasteiger partial charge in [-0.15, -0.1) is 0 Å². The molecule has 0 aliphatic carbocycles. The van der Waals surface area contributed by atoms with Gasteiger partial charge in [-0.3, -0.25) is 0 Å². The molecule has 0 saturated carbocycles. The van der Waals surface area contributed by atoms with Crippen LogP contribution in [-0.4, -0.2) is 41.7 Å². The first-order valence-electron chi connectivity index (χ1n) is 11.9. The average Bonchev–Trinajstić information content (AvgIpc) is 3.60. The van der Waals surface area contributed by atoms with E-state index in [1.54, 1.807) is 44.6 Å². The SMILES string of the molecule is CC(C)(O)c1ncc(-c2ccc3cc4n(c3c2)C(c2c(OC(F)F)cccc2-c2cn[nH]n2)CC4)cn1. The molecule has 1 aliphatic heterocycles.